The predicted octanol–water partition coefficient (Wildman–Crippen LogP) is 0.786. The van der Waals surface area contributed by atoms with Gasteiger partial charge in [0, 0.05) is 18.6 Å². The number of anilines is 1. The molecule has 19 heavy (non-hydrogen) atoms. The Kier molecular flexibility index (Phi) is 4.94. The maximum absolute atomic E-state index is 12.1. The van der Waals surface area contributed by atoms with E-state index in [0.717, 1.165) is 0 Å². The van der Waals surface area contributed by atoms with Crippen LogP contribution >= 0.6 is 15.9 Å². The average molecular weight is 350 g/mol. The molecule has 106 valence electrons. The fraction of sp³-hybridized carbons (Fsp3) is 0.364. The summed E-state index contributed by atoms with van der Waals surface area (Å²) in [4.78, 5) is 12.9. The molecular formula is C11H16BrN3O3S. The van der Waals surface area contributed by atoms with E-state index in [9.17, 15) is 13.2 Å². The molecule has 1 aromatic carbocycles. The summed E-state index contributed by atoms with van der Waals surface area (Å²) in [5.41, 5.74) is 5.79. The fourth-order valence-electron chi connectivity index (χ4n) is 1.50. The Bertz CT molecular complexity index is 587. The van der Waals surface area contributed by atoms with Crippen molar-refractivity contribution in [3.8, 4) is 0 Å². The highest BCUT2D eigenvalue weighted by Crippen LogP contribution is 2.22. The first-order chi connectivity index (χ1) is 8.65. The third-order valence-corrected chi connectivity index (χ3v) is 4.51. The molecule has 1 rings (SSSR count). The molecule has 0 bridgehead atoms. The number of nitrogens with two attached hydrogens (primary N) is 1. The van der Waals surface area contributed by atoms with Gasteiger partial charge in [0.15, 0.2) is 0 Å². The van der Waals surface area contributed by atoms with Gasteiger partial charge in [-0.1, -0.05) is 15.9 Å². The van der Waals surface area contributed by atoms with Gasteiger partial charge in [0.2, 0.25) is 15.9 Å². The van der Waals surface area contributed by atoms with Crippen LogP contribution in [0, 0.1) is 0 Å². The lowest BCUT2D eigenvalue weighted by Gasteiger charge is -2.18. The number of hydrogen-bond donors (Lipinski definition) is 2. The first-order valence-electron chi connectivity index (χ1n) is 5.43. The molecular weight excluding hydrogens is 334 g/mol. The molecule has 3 N–H and O–H groups in total. The van der Waals surface area contributed by atoms with Gasteiger partial charge in [0.1, 0.15) is 4.90 Å². The first kappa shape index (κ1) is 15.9. The third-order valence-electron chi connectivity index (χ3n) is 2.40. The highest BCUT2D eigenvalue weighted by atomic mass is 79.9. The van der Waals surface area contributed by atoms with E-state index in [1.807, 2.05) is 0 Å². The summed E-state index contributed by atoms with van der Waals surface area (Å²) in [6.45, 7) is 1.48. The second-order valence-corrected chi connectivity index (χ2v) is 6.86. The van der Waals surface area contributed by atoms with Crippen LogP contribution in [0.4, 0.5) is 5.69 Å². The summed E-state index contributed by atoms with van der Waals surface area (Å²) in [6, 6.07) is 3.59. The molecule has 6 nitrogen and oxygen atoms in total. The SMILES string of the molecule is CC(NS(=O)(=O)c1ccc(Br)cc1N)C(=O)N(C)C. The molecule has 1 atom stereocenters. The number of amides is 1. The topological polar surface area (TPSA) is 92.5 Å². The highest BCUT2D eigenvalue weighted by molar-refractivity contribution is 9.10. The number of nitrogens with zero attached hydrogens (tertiary/aromatic N) is 1. The van der Waals surface area contributed by atoms with Crippen LogP contribution in [0.1, 0.15) is 6.92 Å². The van der Waals surface area contributed by atoms with Crippen molar-refractivity contribution in [1.82, 2.24) is 9.62 Å². The predicted molar refractivity (Wildman–Crippen MR) is 77.0 cm³/mol. The lowest BCUT2D eigenvalue weighted by molar-refractivity contribution is -0.130. The molecule has 1 amide bonds. The zero-order valence-corrected chi connectivity index (χ0v) is 13.2. The largest absolute Gasteiger partial charge is 0.398 e. The summed E-state index contributed by atoms with van der Waals surface area (Å²) in [6.07, 6.45) is 0. The monoisotopic (exact) mass is 349 g/mol. The molecule has 0 saturated heterocycles. The number of rotatable bonds is 4. The standard InChI is InChI=1S/C11H16BrN3O3S/c1-7(11(16)15(2)3)14-19(17,18)10-5-4-8(12)6-9(10)13/h4-7,14H,13H2,1-3H3. The molecule has 0 aliphatic rings. The van der Waals surface area contributed by atoms with Crippen molar-refractivity contribution in [3.05, 3.63) is 22.7 Å². The van der Waals surface area contributed by atoms with Crippen molar-refractivity contribution in [1.29, 1.82) is 0 Å². The first-order valence-corrected chi connectivity index (χ1v) is 7.71. The Hall–Kier alpha value is -1.12. The lowest BCUT2D eigenvalue weighted by atomic mass is 10.3. The minimum atomic E-state index is -3.83. The van der Waals surface area contributed by atoms with E-state index >= 15 is 0 Å². The van der Waals surface area contributed by atoms with E-state index in [1.165, 1.54) is 24.0 Å². The van der Waals surface area contributed by atoms with E-state index in [-0.39, 0.29) is 16.5 Å². The molecule has 1 unspecified atom stereocenters. The average Bonchev–Trinajstić information content (AvgIpc) is 2.26. The minimum Gasteiger partial charge on any atom is -0.398 e. The van der Waals surface area contributed by atoms with Gasteiger partial charge in [-0.25, -0.2) is 8.42 Å². The molecule has 0 aromatic heterocycles. The number of benzene rings is 1. The molecule has 0 aliphatic carbocycles. The van der Waals surface area contributed by atoms with Gasteiger partial charge in [-0.15, -0.1) is 0 Å². The summed E-state index contributed by atoms with van der Waals surface area (Å²) in [5.74, 6) is -0.334. The van der Waals surface area contributed by atoms with Gasteiger partial charge in [-0.05, 0) is 25.1 Å². The van der Waals surface area contributed by atoms with E-state index in [2.05, 4.69) is 20.7 Å². The highest BCUT2D eigenvalue weighted by Gasteiger charge is 2.24. The summed E-state index contributed by atoms with van der Waals surface area (Å²) in [5, 5.41) is 0. The number of nitrogen functional groups attached to an aromatic ring is 1. The lowest BCUT2D eigenvalue weighted by Crippen LogP contribution is -2.44. The Morgan fingerprint density at radius 2 is 2.00 bits per heavy atom. The summed E-state index contributed by atoms with van der Waals surface area (Å²) in [7, 11) is -0.715. The van der Waals surface area contributed by atoms with Crippen LogP contribution in [-0.2, 0) is 14.8 Å². The minimum absolute atomic E-state index is 0.0471. The summed E-state index contributed by atoms with van der Waals surface area (Å²) < 4.78 is 27.2. The van der Waals surface area contributed by atoms with Gasteiger partial charge in [-0.3, -0.25) is 4.79 Å². The van der Waals surface area contributed by atoms with Crippen LogP contribution in [0.2, 0.25) is 0 Å². The number of likely N-dealkylation sites (N-methyl/N-ethyl adjacent to an activating group) is 1. The number of carbonyl (C=O) groups excluding carboxylic acids is 1. The number of halogens is 1. The molecule has 8 heteroatoms. The van der Waals surface area contributed by atoms with Crippen LogP contribution in [0.25, 0.3) is 0 Å². The van der Waals surface area contributed by atoms with Crippen molar-refractivity contribution in [2.24, 2.45) is 0 Å². The van der Waals surface area contributed by atoms with Crippen molar-refractivity contribution in [3.63, 3.8) is 0 Å². The van der Waals surface area contributed by atoms with Crippen LogP contribution in [0.15, 0.2) is 27.6 Å². The number of nitrogens with one attached hydrogen (secondary N) is 1. The normalized spacial score (nSPS) is 13.1. The van der Waals surface area contributed by atoms with Gasteiger partial charge in [-0.2, -0.15) is 4.72 Å². The van der Waals surface area contributed by atoms with Crippen LogP contribution < -0.4 is 10.5 Å². The molecule has 0 heterocycles. The van der Waals surface area contributed by atoms with Gasteiger partial charge in [0.25, 0.3) is 0 Å². The van der Waals surface area contributed by atoms with Crippen LogP contribution in [-0.4, -0.2) is 39.4 Å². The van der Waals surface area contributed by atoms with E-state index in [0.29, 0.717) is 4.47 Å². The zero-order valence-electron chi connectivity index (χ0n) is 10.8. The second kappa shape index (κ2) is 5.89. The number of sulfonamides is 1. The zero-order chi connectivity index (χ0) is 14.8. The Morgan fingerprint density at radius 3 is 2.47 bits per heavy atom. The molecule has 1 aromatic rings. The molecule has 0 aliphatic heterocycles. The van der Waals surface area contributed by atoms with Crippen molar-refractivity contribution in [2.75, 3.05) is 19.8 Å². The number of hydrogen-bond acceptors (Lipinski definition) is 4. The maximum Gasteiger partial charge on any atom is 0.243 e. The molecule has 0 spiro atoms. The Morgan fingerprint density at radius 1 is 1.42 bits per heavy atom. The maximum atomic E-state index is 12.1. The van der Waals surface area contributed by atoms with E-state index < -0.39 is 16.1 Å². The smallest absolute Gasteiger partial charge is 0.243 e. The van der Waals surface area contributed by atoms with Crippen molar-refractivity contribution >= 4 is 37.5 Å². The van der Waals surface area contributed by atoms with Crippen molar-refractivity contribution < 1.29 is 13.2 Å². The van der Waals surface area contributed by atoms with Gasteiger partial charge < -0.3 is 10.6 Å². The van der Waals surface area contributed by atoms with Crippen LogP contribution in [0.3, 0.4) is 0 Å². The fourth-order valence-corrected chi connectivity index (χ4v) is 3.19. The summed E-state index contributed by atoms with van der Waals surface area (Å²) >= 11 is 3.20. The van der Waals surface area contributed by atoms with Crippen LogP contribution in [0.5, 0.6) is 0 Å². The Labute approximate surface area is 121 Å². The molecule has 0 radical (unpaired) electrons. The second-order valence-electron chi connectivity index (χ2n) is 4.26. The van der Waals surface area contributed by atoms with Crippen molar-refractivity contribution in [2.45, 2.75) is 17.9 Å². The quantitative estimate of drug-likeness (QED) is 0.785. The number of carbonyl (C=O) groups is 1. The van der Waals surface area contributed by atoms with E-state index in [1.54, 1.807) is 20.2 Å². The van der Waals surface area contributed by atoms with E-state index in [4.69, 9.17) is 5.73 Å². The van der Waals surface area contributed by atoms with Gasteiger partial charge >= 0.3 is 0 Å². The third kappa shape index (κ3) is 3.92. The molecule has 0 saturated carbocycles. The Balaban J connectivity index is 3.02. The molecule has 0 fully saturated rings. The van der Waals surface area contributed by atoms with Gasteiger partial charge in [0.05, 0.1) is 11.7 Å².